The molecule has 272 valence electrons. The van der Waals surface area contributed by atoms with Gasteiger partial charge in [-0.05, 0) is 0 Å². The predicted molar refractivity (Wildman–Crippen MR) is 245 cm³/mol. The van der Waals surface area contributed by atoms with Gasteiger partial charge in [0, 0.05) is 0 Å². The van der Waals surface area contributed by atoms with E-state index in [1.54, 1.807) is 0 Å². The van der Waals surface area contributed by atoms with Crippen molar-refractivity contribution in [2.75, 3.05) is 0 Å². The van der Waals surface area contributed by atoms with Crippen molar-refractivity contribution in [2.45, 2.75) is 0 Å². The number of hydrogen-bond acceptors (Lipinski definition) is 0. The molecule has 0 nitrogen and oxygen atoms in total. The predicted octanol–water partition coefficient (Wildman–Crippen LogP) is 10.7. The van der Waals surface area contributed by atoms with E-state index in [1.165, 1.54) is 42.4 Å². The van der Waals surface area contributed by atoms with Crippen molar-refractivity contribution >= 4 is 74.1 Å². The van der Waals surface area contributed by atoms with E-state index >= 15 is 0 Å². The maximum Gasteiger partial charge on any atom is 2.00 e. The summed E-state index contributed by atoms with van der Waals surface area (Å²) >= 11 is 0. The molecule has 8 aromatic rings. The topological polar surface area (TPSA) is 0 Å². The molecule has 0 spiro atoms. The molecule has 0 saturated heterocycles. The van der Waals surface area contributed by atoms with E-state index in [-0.39, 0.29) is 21.1 Å². The molecule has 0 fully saturated rings. The first-order valence-corrected chi connectivity index (χ1v) is 23.8. The van der Waals surface area contributed by atoms with Gasteiger partial charge in [-0.3, -0.25) is 11.8 Å². The van der Waals surface area contributed by atoms with Gasteiger partial charge in [-0.25, -0.2) is 0 Å². The smallest absolute Gasteiger partial charge is 0.259 e. The molecule has 0 saturated carbocycles. The first-order valence-electron chi connectivity index (χ1n) is 18.1. The number of hydrogen-bond donors (Lipinski definition) is 0. The zero-order chi connectivity index (χ0) is 36.6. The Morgan fingerprint density at radius 3 is 0.400 bits per heavy atom. The van der Waals surface area contributed by atoms with Crippen LogP contribution < -0.4 is 42.4 Å². The third-order valence-electron chi connectivity index (χ3n) is 8.74. The second-order valence-electron chi connectivity index (χ2n) is 12.4. The summed E-state index contributed by atoms with van der Waals surface area (Å²) in [7, 11) is -2.13. The molecule has 0 atom stereocenters. The van der Waals surface area contributed by atoms with Crippen LogP contribution in [0.25, 0.3) is 0 Å². The summed E-state index contributed by atoms with van der Waals surface area (Å²) in [6, 6.07) is 87.3. The van der Waals surface area contributed by atoms with Crippen LogP contribution in [0.5, 0.6) is 0 Å². The van der Waals surface area contributed by atoms with Crippen LogP contribution >= 0.6 is 31.7 Å². The number of rotatable bonds is 12. The largest absolute Gasteiger partial charge is 2.00 e. The van der Waals surface area contributed by atoms with Gasteiger partial charge in [-0.1, -0.05) is 285 Å². The van der Waals surface area contributed by atoms with E-state index in [0.29, 0.717) is 0 Å². The van der Waals surface area contributed by atoms with Crippen LogP contribution in [-0.4, -0.2) is 0 Å². The standard InChI is InChI=1S/2C25H21P2.Pt/c2*1-5-13-22(14-6-1)26(23-15-7-2-8-16-23)21-27(24-17-9-3-10-18-24)25-19-11-4-12-20-25;/h2*1-21H;/q2*-1;+2. The quantitative estimate of drug-likeness (QED) is 0.0846. The third-order valence-corrected chi connectivity index (χ3v) is 19.3. The summed E-state index contributed by atoms with van der Waals surface area (Å²) < 4.78 is 0. The Balaban J connectivity index is 0.000000184. The maximum absolute atomic E-state index is 2.61. The van der Waals surface area contributed by atoms with E-state index in [2.05, 4.69) is 254 Å². The molecule has 0 aliphatic heterocycles. The minimum Gasteiger partial charge on any atom is -0.259 e. The average Bonchev–Trinajstić information content (AvgIpc) is 3.27. The minimum absolute atomic E-state index is 0. The van der Waals surface area contributed by atoms with Crippen molar-refractivity contribution in [2.24, 2.45) is 0 Å². The normalized spacial score (nSPS) is 10.8. The molecule has 0 radical (unpaired) electrons. The number of benzene rings is 8. The van der Waals surface area contributed by atoms with Crippen molar-refractivity contribution in [3.05, 3.63) is 254 Å². The monoisotopic (exact) mass is 961 g/mol. The minimum atomic E-state index is -0.534. The van der Waals surface area contributed by atoms with E-state index in [0.717, 1.165) is 0 Å². The molecule has 0 unspecified atom stereocenters. The molecule has 0 aliphatic rings. The molecule has 5 heteroatoms. The van der Waals surface area contributed by atoms with Gasteiger partial charge in [0.25, 0.3) is 0 Å². The van der Waals surface area contributed by atoms with Crippen LogP contribution in [0.15, 0.2) is 243 Å². The Labute approximate surface area is 347 Å². The van der Waals surface area contributed by atoms with Crippen molar-refractivity contribution in [3.8, 4) is 0 Å². The fourth-order valence-corrected chi connectivity index (χ4v) is 17.3. The van der Waals surface area contributed by atoms with Gasteiger partial charge >= 0.3 is 21.1 Å². The van der Waals surface area contributed by atoms with Crippen LogP contribution in [0.4, 0.5) is 0 Å². The van der Waals surface area contributed by atoms with Gasteiger partial charge in [0.05, 0.1) is 0 Å². The fourth-order valence-electron chi connectivity index (χ4n) is 6.07. The van der Waals surface area contributed by atoms with Gasteiger partial charge < -0.3 is 0 Å². The second kappa shape index (κ2) is 22.0. The molecule has 0 N–H and O–H groups in total. The van der Waals surface area contributed by atoms with Crippen molar-refractivity contribution in [1.29, 1.82) is 0 Å². The Morgan fingerprint density at radius 2 is 0.291 bits per heavy atom. The van der Waals surface area contributed by atoms with Gasteiger partial charge in [0.15, 0.2) is 0 Å². The molecule has 0 amide bonds. The SMILES string of the molecule is [Pt+2].c1ccc(P([CH-]P(c2ccccc2)c2ccccc2)c2ccccc2)cc1.c1ccc(P([CH-]P(c2ccccc2)c2ccccc2)c2ccccc2)cc1. The van der Waals surface area contributed by atoms with Gasteiger partial charge in [-0.2, -0.15) is 31.7 Å². The van der Waals surface area contributed by atoms with E-state index in [1.807, 2.05) is 0 Å². The summed E-state index contributed by atoms with van der Waals surface area (Å²) in [6.45, 7) is 0. The van der Waals surface area contributed by atoms with E-state index < -0.39 is 31.7 Å². The van der Waals surface area contributed by atoms with Crippen molar-refractivity contribution in [3.63, 3.8) is 0 Å². The molecule has 8 aromatic carbocycles. The second-order valence-corrected chi connectivity index (χ2v) is 21.3. The van der Waals surface area contributed by atoms with Crippen LogP contribution in [0.1, 0.15) is 0 Å². The molecule has 0 aliphatic carbocycles. The van der Waals surface area contributed by atoms with Crippen LogP contribution in [0, 0.1) is 11.8 Å². The molecule has 8 rings (SSSR count). The first-order chi connectivity index (χ1) is 26.8. The zero-order valence-electron chi connectivity index (χ0n) is 30.4. The summed E-state index contributed by atoms with van der Waals surface area (Å²) in [4.78, 5) is 0. The van der Waals surface area contributed by atoms with Gasteiger partial charge in [0.1, 0.15) is 0 Å². The molecule has 55 heavy (non-hydrogen) atoms. The van der Waals surface area contributed by atoms with Crippen LogP contribution in [-0.2, 0) is 21.1 Å². The zero-order valence-corrected chi connectivity index (χ0v) is 36.2. The van der Waals surface area contributed by atoms with E-state index in [9.17, 15) is 0 Å². The molecule has 0 bridgehead atoms. The summed E-state index contributed by atoms with van der Waals surface area (Å²) in [5.41, 5.74) is 0. The Kier molecular flexibility index (Phi) is 16.4. The molecular weight excluding hydrogens is 920 g/mol. The fraction of sp³-hybridized carbons (Fsp3) is 0. The molecular formula is C50H42P4Pt. The third kappa shape index (κ3) is 11.6. The summed E-state index contributed by atoms with van der Waals surface area (Å²) in [6.07, 6.45) is 0. The summed E-state index contributed by atoms with van der Waals surface area (Å²) in [5, 5.41) is 11.2. The Hall–Kier alpha value is -3.83. The van der Waals surface area contributed by atoms with Crippen LogP contribution in [0.2, 0.25) is 0 Å². The maximum atomic E-state index is 2.61. The Bertz CT molecular complexity index is 1730. The van der Waals surface area contributed by atoms with Crippen LogP contribution in [0.3, 0.4) is 0 Å². The Morgan fingerprint density at radius 1 is 0.182 bits per heavy atom. The molecule has 0 aromatic heterocycles. The van der Waals surface area contributed by atoms with Gasteiger partial charge in [0.2, 0.25) is 0 Å². The van der Waals surface area contributed by atoms with Gasteiger partial charge in [-0.15, -0.1) is 0 Å². The van der Waals surface area contributed by atoms with Crippen molar-refractivity contribution in [1.82, 2.24) is 0 Å². The first kappa shape index (κ1) is 40.8. The van der Waals surface area contributed by atoms with Crippen molar-refractivity contribution < 1.29 is 21.1 Å². The van der Waals surface area contributed by atoms with E-state index in [4.69, 9.17) is 0 Å². The molecule has 0 heterocycles. The summed E-state index contributed by atoms with van der Waals surface area (Å²) in [5.74, 6) is 5.22. The average molecular weight is 962 g/mol.